The number of thiocarbonyl (C=S) groups is 1. The van der Waals surface area contributed by atoms with Gasteiger partial charge in [-0.15, -0.1) is 0 Å². The van der Waals surface area contributed by atoms with Crippen molar-refractivity contribution in [2.24, 2.45) is 0 Å². The largest absolute Gasteiger partial charge is 0.344 e. The Morgan fingerprint density at radius 2 is 1.44 bits per heavy atom. The van der Waals surface area contributed by atoms with Gasteiger partial charge in [-0.1, -0.05) is 59.8 Å². The maximum Gasteiger partial charge on any atom is 0.138 e. The van der Waals surface area contributed by atoms with E-state index in [1.807, 2.05) is 0 Å². The number of benzene rings is 1. The normalized spacial score (nSPS) is 11.4. The van der Waals surface area contributed by atoms with E-state index in [-0.39, 0.29) is 0 Å². The van der Waals surface area contributed by atoms with Gasteiger partial charge in [-0.25, -0.2) is 0 Å². The fourth-order valence-corrected chi connectivity index (χ4v) is 2.70. The minimum Gasteiger partial charge on any atom is -0.344 e. The topological polar surface area (TPSA) is 12.0 Å². The Labute approximate surface area is 117 Å². The van der Waals surface area contributed by atoms with Gasteiger partial charge in [-0.3, -0.25) is 0 Å². The van der Waals surface area contributed by atoms with Gasteiger partial charge in [0.25, 0.3) is 0 Å². The molecule has 0 heterocycles. The van der Waals surface area contributed by atoms with Crippen molar-refractivity contribution < 1.29 is 0 Å². The van der Waals surface area contributed by atoms with Gasteiger partial charge in [-0.2, -0.15) is 0 Å². The van der Waals surface area contributed by atoms with E-state index in [1.165, 1.54) is 16.7 Å². The summed E-state index contributed by atoms with van der Waals surface area (Å²) in [5.41, 5.74) is 8.03. The van der Waals surface area contributed by atoms with Gasteiger partial charge in [0.05, 0.1) is 0 Å². The lowest BCUT2D eigenvalue weighted by Crippen LogP contribution is -2.09. The Morgan fingerprint density at radius 3 is 1.83 bits per heavy atom. The molecule has 0 spiro atoms. The van der Waals surface area contributed by atoms with Crippen molar-refractivity contribution in [3.05, 3.63) is 28.8 Å². The van der Waals surface area contributed by atoms with Crippen molar-refractivity contribution in [3.8, 4) is 0 Å². The van der Waals surface area contributed by atoms with Crippen molar-refractivity contribution >= 4 is 23.4 Å². The maximum atomic E-state index is 4.81. The number of anilines is 1. The van der Waals surface area contributed by atoms with E-state index in [4.69, 9.17) is 12.2 Å². The smallest absolute Gasteiger partial charge is 0.138 e. The molecule has 2 heteroatoms. The van der Waals surface area contributed by atoms with Crippen molar-refractivity contribution in [1.82, 2.24) is 0 Å². The van der Waals surface area contributed by atoms with Crippen LogP contribution in [0.25, 0.3) is 0 Å². The number of hydrogen-bond donors (Lipinski definition) is 1. The van der Waals surface area contributed by atoms with Gasteiger partial charge >= 0.3 is 0 Å². The van der Waals surface area contributed by atoms with E-state index < -0.39 is 0 Å². The van der Waals surface area contributed by atoms with Crippen molar-refractivity contribution in [2.75, 3.05) is 5.32 Å². The first-order valence-corrected chi connectivity index (χ1v) is 7.10. The lowest BCUT2D eigenvalue weighted by molar-refractivity contribution is 0.750. The molecule has 1 aromatic carbocycles. The molecule has 0 aliphatic rings. The second kappa shape index (κ2) is 6.33. The first-order valence-electron chi connectivity index (χ1n) is 6.69. The Balaban J connectivity index is 3.54. The molecule has 1 nitrogen and oxygen atoms in total. The molecule has 1 radical (unpaired) electrons. The molecule has 0 amide bonds. The van der Waals surface area contributed by atoms with Crippen LogP contribution in [0.2, 0.25) is 0 Å². The van der Waals surface area contributed by atoms with Gasteiger partial charge in [-0.05, 0) is 40.5 Å². The molecule has 99 valence electrons. The van der Waals surface area contributed by atoms with Crippen LogP contribution in [0.3, 0.4) is 0 Å². The summed E-state index contributed by atoms with van der Waals surface area (Å²) >= 11 is 4.81. The Kier molecular flexibility index (Phi) is 5.33. The molecular formula is C16H24NS. The third-order valence-corrected chi connectivity index (χ3v) is 3.39. The molecule has 0 aromatic heterocycles. The summed E-state index contributed by atoms with van der Waals surface area (Å²) in [5.74, 6) is 1.55. The maximum absolute atomic E-state index is 4.81. The molecule has 0 aliphatic heterocycles. The summed E-state index contributed by atoms with van der Waals surface area (Å²) in [6, 6.07) is 4.36. The average molecular weight is 262 g/mol. The third kappa shape index (κ3) is 3.11. The summed E-state index contributed by atoms with van der Waals surface area (Å²) in [6.07, 6.45) is 0. The van der Waals surface area contributed by atoms with E-state index in [1.54, 1.807) is 0 Å². The molecule has 0 saturated heterocycles. The molecule has 1 N–H and O–H groups in total. The highest BCUT2D eigenvalue weighted by atomic mass is 32.1. The van der Waals surface area contributed by atoms with Gasteiger partial charge in [0.1, 0.15) is 5.49 Å². The van der Waals surface area contributed by atoms with Crippen LogP contribution in [0.15, 0.2) is 12.1 Å². The van der Waals surface area contributed by atoms with Crippen LogP contribution < -0.4 is 5.32 Å². The third-order valence-electron chi connectivity index (χ3n) is 3.28. The van der Waals surface area contributed by atoms with E-state index in [9.17, 15) is 0 Å². The van der Waals surface area contributed by atoms with Gasteiger partial charge in [0, 0.05) is 5.69 Å². The first kappa shape index (κ1) is 15.2. The predicted octanol–water partition coefficient (Wildman–Crippen LogP) is 5.30. The molecule has 0 unspecified atom stereocenters. The van der Waals surface area contributed by atoms with Gasteiger partial charge in [0.15, 0.2) is 0 Å². The monoisotopic (exact) mass is 262 g/mol. The molecule has 1 aromatic rings. The molecule has 18 heavy (non-hydrogen) atoms. The van der Waals surface area contributed by atoms with Crippen LogP contribution in [-0.2, 0) is 0 Å². The van der Waals surface area contributed by atoms with Crippen LogP contribution >= 0.6 is 12.2 Å². The average Bonchev–Trinajstić information content (AvgIpc) is 2.27. The Bertz CT molecular complexity index is 419. The molecule has 0 aliphatic carbocycles. The second-order valence-corrected chi connectivity index (χ2v) is 5.92. The zero-order valence-electron chi connectivity index (χ0n) is 12.3. The fourth-order valence-electron chi connectivity index (χ4n) is 2.59. The van der Waals surface area contributed by atoms with Crippen molar-refractivity contribution in [3.63, 3.8) is 0 Å². The van der Waals surface area contributed by atoms with Crippen LogP contribution in [0, 0.1) is 0 Å². The molecule has 0 bridgehead atoms. The van der Waals surface area contributed by atoms with Crippen LogP contribution in [-0.4, -0.2) is 5.49 Å². The quantitative estimate of drug-likeness (QED) is 0.570. The van der Waals surface area contributed by atoms with E-state index in [0.717, 1.165) is 5.69 Å². The summed E-state index contributed by atoms with van der Waals surface area (Å²) < 4.78 is 0. The first-order chi connectivity index (χ1) is 8.40. The minimum absolute atomic E-state index is 0.479. The highest BCUT2D eigenvalue weighted by molar-refractivity contribution is 7.79. The molecule has 0 fully saturated rings. The van der Waals surface area contributed by atoms with Crippen LogP contribution in [0.4, 0.5) is 5.69 Å². The summed E-state index contributed by atoms with van der Waals surface area (Å²) in [7, 11) is 0. The number of rotatable bonds is 5. The second-order valence-electron chi connectivity index (χ2n) is 5.72. The van der Waals surface area contributed by atoms with E-state index in [0.29, 0.717) is 17.8 Å². The zero-order chi connectivity index (χ0) is 13.9. The highest BCUT2D eigenvalue weighted by Gasteiger charge is 2.19. The fraction of sp³-hybridized carbons (Fsp3) is 0.562. The molecule has 1 rings (SSSR count). The predicted molar refractivity (Wildman–Crippen MR) is 84.9 cm³/mol. The number of nitrogens with one attached hydrogen (secondary N) is 1. The minimum atomic E-state index is 0.479. The molecule has 0 atom stereocenters. The standard InChI is InChI=1S/C16H24NS/c1-10(2)13-7-8-14(17-9-18)16(12(5)6)15(13)11(3)4/h7-8,10-12H,1-6H3,(H,17,18). The van der Waals surface area contributed by atoms with Crippen LogP contribution in [0.1, 0.15) is 76.0 Å². The Morgan fingerprint density at radius 1 is 0.889 bits per heavy atom. The Hall–Kier alpha value is -0.890. The van der Waals surface area contributed by atoms with Crippen molar-refractivity contribution in [2.45, 2.75) is 59.3 Å². The van der Waals surface area contributed by atoms with E-state index >= 15 is 0 Å². The highest BCUT2D eigenvalue weighted by Crippen LogP contribution is 2.37. The lowest BCUT2D eigenvalue weighted by atomic mass is 9.82. The van der Waals surface area contributed by atoms with Crippen molar-refractivity contribution in [1.29, 1.82) is 0 Å². The SMILES string of the molecule is CC(C)c1ccc(N[C]=S)c(C(C)C)c1C(C)C. The summed E-state index contributed by atoms with van der Waals surface area (Å²) in [6.45, 7) is 13.5. The van der Waals surface area contributed by atoms with Gasteiger partial charge in [0.2, 0.25) is 0 Å². The number of hydrogen-bond acceptors (Lipinski definition) is 1. The lowest BCUT2D eigenvalue weighted by Gasteiger charge is -2.25. The van der Waals surface area contributed by atoms with E-state index in [2.05, 4.69) is 64.5 Å². The summed E-state index contributed by atoms with van der Waals surface area (Å²) in [4.78, 5) is 0. The van der Waals surface area contributed by atoms with Crippen LogP contribution in [0.5, 0.6) is 0 Å². The van der Waals surface area contributed by atoms with Gasteiger partial charge < -0.3 is 5.32 Å². The molecule has 0 saturated carbocycles. The summed E-state index contributed by atoms with van der Waals surface area (Å²) in [5, 5.41) is 3.08. The molecular weight excluding hydrogens is 238 g/mol. The zero-order valence-corrected chi connectivity index (χ0v) is 13.1.